The molecule has 1 aliphatic heterocycles. The van der Waals surface area contributed by atoms with Crippen LogP contribution in [0.1, 0.15) is 28.2 Å². The fourth-order valence-corrected chi connectivity index (χ4v) is 4.62. The first-order valence-electron chi connectivity index (χ1n) is 10.7. The van der Waals surface area contributed by atoms with E-state index in [4.69, 9.17) is 12.2 Å². The summed E-state index contributed by atoms with van der Waals surface area (Å²) in [5.74, 6) is -0.178. The van der Waals surface area contributed by atoms with Crippen LogP contribution in [-0.2, 0) is 13.6 Å². The molecule has 1 fully saturated rings. The molecule has 2 N–H and O–H groups in total. The summed E-state index contributed by atoms with van der Waals surface area (Å²) in [6, 6.07) is 10.2. The lowest BCUT2D eigenvalue weighted by molar-refractivity contribution is 0.0958. The van der Waals surface area contributed by atoms with Gasteiger partial charge >= 0.3 is 5.69 Å². The Morgan fingerprint density at radius 3 is 2.84 bits per heavy atom. The van der Waals surface area contributed by atoms with Gasteiger partial charge in [-0.2, -0.15) is 0 Å². The standard InChI is InChI=1S/C23H28N6O2S/c1-14-20(8-7-18(25-14)21(30)24-2)27(3)16-9-10-29(13-16)12-15-5-6-17-19(11-15)26-23(31)28(4)22(17)32/h5-8,11,16H,9-10,12-13H2,1-4H3,(H,24,30)(H,26,31). The monoisotopic (exact) mass is 452 g/mol. The van der Waals surface area contributed by atoms with E-state index >= 15 is 0 Å². The maximum atomic E-state index is 12.1. The molecule has 2 aromatic heterocycles. The van der Waals surface area contributed by atoms with E-state index in [2.05, 4.69) is 38.2 Å². The molecule has 0 saturated carbocycles. The number of H-pyrrole nitrogens is 1. The van der Waals surface area contributed by atoms with Gasteiger partial charge in [-0.05, 0) is 43.2 Å². The zero-order chi connectivity index (χ0) is 23.0. The Morgan fingerprint density at radius 1 is 1.34 bits per heavy atom. The minimum atomic E-state index is -0.200. The number of aromatic nitrogens is 3. The largest absolute Gasteiger partial charge is 0.369 e. The molecule has 1 aromatic carbocycles. The van der Waals surface area contributed by atoms with E-state index in [0.717, 1.165) is 53.9 Å². The molecule has 32 heavy (non-hydrogen) atoms. The predicted molar refractivity (Wildman–Crippen MR) is 129 cm³/mol. The summed E-state index contributed by atoms with van der Waals surface area (Å²) >= 11 is 5.40. The predicted octanol–water partition coefficient (Wildman–Crippen LogP) is 2.37. The second-order valence-corrected chi connectivity index (χ2v) is 8.73. The Hall–Kier alpha value is -3.04. The van der Waals surface area contributed by atoms with Gasteiger partial charge in [0.05, 0.1) is 16.9 Å². The fraction of sp³-hybridized carbons (Fsp3) is 0.391. The van der Waals surface area contributed by atoms with Gasteiger partial charge in [0, 0.05) is 52.2 Å². The van der Waals surface area contributed by atoms with Crippen LogP contribution in [0.5, 0.6) is 0 Å². The summed E-state index contributed by atoms with van der Waals surface area (Å²) in [5, 5.41) is 3.50. The molecule has 3 heterocycles. The van der Waals surface area contributed by atoms with Crippen LogP contribution in [0.3, 0.4) is 0 Å². The van der Waals surface area contributed by atoms with Crippen LogP contribution in [0.25, 0.3) is 10.9 Å². The molecular formula is C23H28N6O2S. The summed E-state index contributed by atoms with van der Waals surface area (Å²) in [5.41, 5.74) is 4.04. The number of carbonyl (C=O) groups excluding carboxylic acids is 1. The van der Waals surface area contributed by atoms with Gasteiger partial charge in [-0.25, -0.2) is 9.78 Å². The number of nitrogens with zero attached hydrogens (tertiary/aromatic N) is 4. The van der Waals surface area contributed by atoms with Crippen LogP contribution in [0.2, 0.25) is 0 Å². The van der Waals surface area contributed by atoms with Gasteiger partial charge in [0.15, 0.2) is 0 Å². The molecule has 1 unspecified atom stereocenters. The van der Waals surface area contributed by atoms with Gasteiger partial charge in [0.2, 0.25) is 0 Å². The van der Waals surface area contributed by atoms with Gasteiger partial charge in [0.1, 0.15) is 10.3 Å². The quantitative estimate of drug-likeness (QED) is 0.578. The molecule has 4 rings (SSSR count). The number of amides is 1. The second kappa shape index (κ2) is 8.84. The molecule has 0 aliphatic carbocycles. The molecule has 9 heteroatoms. The number of pyridine rings is 1. The van der Waals surface area contributed by atoms with Gasteiger partial charge in [-0.3, -0.25) is 14.3 Å². The van der Waals surface area contributed by atoms with E-state index < -0.39 is 0 Å². The molecule has 1 amide bonds. The zero-order valence-electron chi connectivity index (χ0n) is 18.8. The number of aryl methyl sites for hydroxylation is 1. The van der Waals surface area contributed by atoms with Crippen LogP contribution in [0.4, 0.5) is 5.69 Å². The molecule has 1 saturated heterocycles. The number of likely N-dealkylation sites (N-methyl/N-ethyl adjacent to an activating group) is 1. The Bertz CT molecular complexity index is 1300. The van der Waals surface area contributed by atoms with Crippen molar-refractivity contribution in [2.75, 3.05) is 32.1 Å². The van der Waals surface area contributed by atoms with E-state index in [1.54, 1.807) is 20.2 Å². The van der Waals surface area contributed by atoms with Crippen molar-refractivity contribution in [3.05, 3.63) is 62.4 Å². The summed E-state index contributed by atoms with van der Waals surface area (Å²) in [4.78, 5) is 36.0. The van der Waals surface area contributed by atoms with Crippen LogP contribution in [-0.4, -0.2) is 58.6 Å². The fourth-order valence-electron chi connectivity index (χ4n) is 4.36. The topological polar surface area (TPSA) is 86.3 Å². The van der Waals surface area contributed by atoms with Gasteiger partial charge in [-0.15, -0.1) is 0 Å². The molecular weight excluding hydrogens is 424 g/mol. The summed E-state index contributed by atoms with van der Waals surface area (Å²) < 4.78 is 2.00. The maximum Gasteiger partial charge on any atom is 0.326 e. The number of aromatic amines is 1. The third kappa shape index (κ3) is 4.18. The number of hydrogen-bond donors (Lipinski definition) is 2. The summed E-state index contributed by atoms with van der Waals surface area (Å²) in [6.45, 7) is 4.66. The molecule has 0 spiro atoms. The molecule has 1 aliphatic rings. The summed E-state index contributed by atoms with van der Waals surface area (Å²) in [6.07, 6.45) is 1.05. The van der Waals surface area contributed by atoms with Crippen molar-refractivity contribution in [3.63, 3.8) is 0 Å². The van der Waals surface area contributed by atoms with Crippen molar-refractivity contribution in [1.29, 1.82) is 0 Å². The Morgan fingerprint density at radius 2 is 2.12 bits per heavy atom. The summed E-state index contributed by atoms with van der Waals surface area (Å²) in [7, 11) is 5.37. The third-order valence-electron chi connectivity index (χ3n) is 6.26. The highest BCUT2D eigenvalue weighted by Crippen LogP contribution is 2.25. The first-order valence-corrected chi connectivity index (χ1v) is 11.1. The number of benzene rings is 1. The maximum absolute atomic E-state index is 12.1. The number of carbonyl (C=O) groups is 1. The Kier molecular flexibility index (Phi) is 6.12. The van der Waals surface area contributed by atoms with Gasteiger partial charge < -0.3 is 15.2 Å². The second-order valence-electron chi connectivity index (χ2n) is 8.34. The highest BCUT2D eigenvalue weighted by molar-refractivity contribution is 7.71. The molecule has 0 bridgehead atoms. The number of rotatable bonds is 5. The third-order valence-corrected chi connectivity index (χ3v) is 6.76. The molecule has 0 radical (unpaired) electrons. The number of anilines is 1. The SMILES string of the molecule is CNC(=O)c1ccc(N(C)C2CCN(Cc3ccc4c(=S)n(C)c(=O)[nH]c4c3)C2)c(C)n1. The normalized spacial score (nSPS) is 16.4. The lowest BCUT2D eigenvalue weighted by Crippen LogP contribution is -2.35. The first-order chi connectivity index (χ1) is 15.3. The number of hydrogen-bond acceptors (Lipinski definition) is 6. The van der Waals surface area contributed by atoms with E-state index in [1.807, 2.05) is 25.1 Å². The van der Waals surface area contributed by atoms with Crippen molar-refractivity contribution in [2.45, 2.75) is 25.9 Å². The van der Waals surface area contributed by atoms with Crippen molar-refractivity contribution >= 4 is 34.7 Å². The zero-order valence-corrected chi connectivity index (χ0v) is 19.6. The van der Waals surface area contributed by atoms with Gasteiger partial charge in [-0.1, -0.05) is 18.3 Å². The average Bonchev–Trinajstić information content (AvgIpc) is 3.24. The first kappa shape index (κ1) is 22.2. The van der Waals surface area contributed by atoms with Crippen LogP contribution in [0, 0.1) is 11.6 Å². The van der Waals surface area contributed by atoms with E-state index in [0.29, 0.717) is 16.4 Å². The highest BCUT2D eigenvalue weighted by Gasteiger charge is 2.27. The molecule has 3 aromatic rings. The van der Waals surface area contributed by atoms with Gasteiger partial charge in [0.25, 0.3) is 5.91 Å². The Balaban J connectivity index is 1.47. The van der Waals surface area contributed by atoms with Crippen molar-refractivity contribution in [2.24, 2.45) is 7.05 Å². The van der Waals surface area contributed by atoms with Crippen LogP contribution < -0.4 is 15.9 Å². The van der Waals surface area contributed by atoms with E-state index in [-0.39, 0.29) is 11.6 Å². The number of nitrogens with one attached hydrogen (secondary N) is 2. The van der Waals surface area contributed by atoms with Crippen molar-refractivity contribution in [1.82, 2.24) is 24.8 Å². The molecule has 8 nitrogen and oxygen atoms in total. The Labute approximate surface area is 191 Å². The lowest BCUT2D eigenvalue weighted by atomic mass is 10.1. The van der Waals surface area contributed by atoms with Crippen molar-refractivity contribution < 1.29 is 4.79 Å². The average molecular weight is 453 g/mol. The lowest BCUT2D eigenvalue weighted by Gasteiger charge is -2.28. The minimum Gasteiger partial charge on any atom is -0.369 e. The molecule has 1 atom stereocenters. The van der Waals surface area contributed by atoms with Crippen molar-refractivity contribution in [3.8, 4) is 0 Å². The van der Waals surface area contributed by atoms with Crippen LogP contribution in [0.15, 0.2) is 35.1 Å². The number of likely N-dealkylation sites (tertiary alicyclic amines) is 1. The smallest absolute Gasteiger partial charge is 0.326 e. The van der Waals surface area contributed by atoms with Crippen LogP contribution >= 0.6 is 12.2 Å². The number of fused-ring (bicyclic) bond motifs is 1. The van der Waals surface area contributed by atoms with E-state index in [9.17, 15) is 9.59 Å². The highest BCUT2D eigenvalue weighted by atomic mass is 32.1. The van der Waals surface area contributed by atoms with E-state index in [1.165, 1.54) is 4.57 Å². The molecule has 168 valence electrons. The minimum absolute atomic E-state index is 0.178.